The second-order valence-corrected chi connectivity index (χ2v) is 8.76. The third-order valence-electron chi connectivity index (χ3n) is 4.09. The van der Waals surface area contributed by atoms with Gasteiger partial charge in [0.2, 0.25) is 11.0 Å². The Morgan fingerprint density at radius 1 is 1.30 bits per heavy atom. The fraction of sp³-hybridized carbons (Fsp3) is 0.500. The molecule has 0 aliphatic carbocycles. The molecule has 7 nitrogen and oxygen atoms in total. The van der Waals surface area contributed by atoms with Crippen molar-refractivity contribution in [2.24, 2.45) is 0 Å². The van der Waals surface area contributed by atoms with E-state index in [-0.39, 0.29) is 11.2 Å². The van der Waals surface area contributed by atoms with E-state index in [0.717, 1.165) is 60.1 Å². The molecule has 27 heavy (non-hydrogen) atoms. The number of thioether (sulfide) groups is 1. The van der Waals surface area contributed by atoms with E-state index < -0.39 is 0 Å². The molecule has 3 rings (SSSR count). The molecule has 146 valence electrons. The summed E-state index contributed by atoms with van der Waals surface area (Å²) in [5.74, 6) is -0.0441. The molecule has 2 N–H and O–H groups in total. The van der Waals surface area contributed by atoms with Crippen molar-refractivity contribution < 1.29 is 9.53 Å². The summed E-state index contributed by atoms with van der Waals surface area (Å²) < 4.78 is 6.17. The number of hydrogen-bond acceptors (Lipinski definition) is 8. The summed E-state index contributed by atoms with van der Waals surface area (Å²) in [6, 6.07) is 7.96. The fourth-order valence-electron chi connectivity index (χ4n) is 2.59. The van der Waals surface area contributed by atoms with Crippen molar-refractivity contribution in [1.82, 2.24) is 10.2 Å². The van der Waals surface area contributed by atoms with Crippen molar-refractivity contribution in [3.05, 3.63) is 24.3 Å². The first kappa shape index (κ1) is 19.9. The highest BCUT2D eigenvalue weighted by Crippen LogP contribution is 2.29. The maximum absolute atomic E-state index is 12.5. The smallest absolute Gasteiger partial charge is 0.237 e. The molecule has 0 spiro atoms. The summed E-state index contributed by atoms with van der Waals surface area (Å²) in [6.45, 7) is 8.16. The molecule has 1 amide bonds. The Bertz CT molecular complexity index is 732. The number of nitrogens with zero attached hydrogens (tertiary/aromatic N) is 3. The number of aromatic nitrogens is 2. The average Bonchev–Trinajstić information content (AvgIpc) is 3.15. The predicted molar refractivity (Wildman–Crippen MR) is 112 cm³/mol. The maximum atomic E-state index is 12.5. The van der Waals surface area contributed by atoms with Gasteiger partial charge in [-0.05, 0) is 37.6 Å². The number of hydrogen-bond donors (Lipinski definition) is 2. The Hall–Kier alpha value is -1.84. The number of amides is 1. The number of morpholine rings is 1. The number of ether oxygens (including phenoxy) is 1. The van der Waals surface area contributed by atoms with Crippen LogP contribution >= 0.6 is 23.1 Å². The van der Waals surface area contributed by atoms with E-state index in [0.29, 0.717) is 0 Å². The third kappa shape index (κ3) is 5.82. The Morgan fingerprint density at radius 2 is 2.04 bits per heavy atom. The lowest BCUT2D eigenvalue weighted by atomic mass is 10.2. The summed E-state index contributed by atoms with van der Waals surface area (Å²) in [4.78, 5) is 14.7. The Morgan fingerprint density at radius 3 is 2.74 bits per heavy atom. The zero-order valence-electron chi connectivity index (χ0n) is 15.6. The molecule has 1 aromatic carbocycles. The van der Waals surface area contributed by atoms with E-state index in [1.807, 2.05) is 31.2 Å². The van der Waals surface area contributed by atoms with Gasteiger partial charge in [0.05, 0.1) is 18.5 Å². The first-order valence-electron chi connectivity index (χ1n) is 9.13. The highest BCUT2D eigenvalue weighted by Gasteiger charge is 2.18. The maximum Gasteiger partial charge on any atom is 0.237 e. The quantitative estimate of drug-likeness (QED) is 0.650. The molecule has 1 fully saturated rings. The largest absolute Gasteiger partial charge is 0.378 e. The van der Waals surface area contributed by atoms with E-state index in [1.54, 1.807) is 0 Å². The zero-order chi connectivity index (χ0) is 19.1. The van der Waals surface area contributed by atoms with Crippen LogP contribution in [0.15, 0.2) is 28.6 Å². The number of nitrogens with one attached hydrogen (secondary N) is 2. The van der Waals surface area contributed by atoms with Gasteiger partial charge in [-0.2, -0.15) is 0 Å². The molecule has 2 aromatic rings. The predicted octanol–water partition coefficient (Wildman–Crippen LogP) is 3.32. The van der Waals surface area contributed by atoms with Crippen LogP contribution in [-0.2, 0) is 9.53 Å². The van der Waals surface area contributed by atoms with E-state index in [9.17, 15) is 4.79 Å². The van der Waals surface area contributed by atoms with Gasteiger partial charge < -0.3 is 20.3 Å². The van der Waals surface area contributed by atoms with Gasteiger partial charge in [0.1, 0.15) is 0 Å². The summed E-state index contributed by atoms with van der Waals surface area (Å²) in [5.41, 5.74) is 1.95. The van der Waals surface area contributed by atoms with Crippen LogP contribution in [-0.4, -0.2) is 54.2 Å². The lowest BCUT2D eigenvalue weighted by Gasteiger charge is -2.28. The number of rotatable bonds is 8. The summed E-state index contributed by atoms with van der Waals surface area (Å²) in [6.07, 6.45) is 1.03. The van der Waals surface area contributed by atoms with E-state index in [2.05, 4.69) is 32.7 Å². The van der Waals surface area contributed by atoms with Crippen molar-refractivity contribution >= 4 is 45.5 Å². The molecule has 0 unspecified atom stereocenters. The topological polar surface area (TPSA) is 79.4 Å². The van der Waals surface area contributed by atoms with Gasteiger partial charge in [0.15, 0.2) is 4.34 Å². The van der Waals surface area contributed by atoms with Crippen LogP contribution in [0.1, 0.15) is 20.3 Å². The molecule has 0 radical (unpaired) electrons. The molecule has 1 aliphatic rings. The lowest BCUT2D eigenvalue weighted by Crippen LogP contribution is -2.36. The molecule has 1 aliphatic heterocycles. The molecule has 9 heteroatoms. The molecule has 2 heterocycles. The number of carbonyl (C=O) groups excluding carboxylic acids is 1. The van der Waals surface area contributed by atoms with Crippen LogP contribution in [0.3, 0.4) is 0 Å². The van der Waals surface area contributed by atoms with Gasteiger partial charge in [-0.1, -0.05) is 30.0 Å². The molecule has 1 saturated heterocycles. The minimum absolute atomic E-state index is 0.0441. The van der Waals surface area contributed by atoms with Crippen molar-refractivity contribution in [3.8, 4) is 0 Å². The number of benzene rings is 1. The molecule has 0 saturated carbocycles. The van der Waals surface area contributed by atoms with Crippen molar-refractivity contribution in [1.29, 1.82) is 0 Å². The van der Waals surface area contributed by atoms with E-state index in [4.69, 9.17) is 4.74 Å². The van der Waals surface area contributed by atoms with Gasteiger partial charge in [0.25, 0.3) is 0 Å². The van der Waals surface area contributed by atoms with Crippen LogP contribution in [0, 0.1) is 0 Å². The highest BCUT2D eigenvalue weighted by molar-refractivity contribution is 8.02. The van der Waals surface area contributed by atoms with Gasteiger partial charge in [0, 0.05) is 31.0 Å². The van der Waals surface area contributed by atoms with Crippen LogP contribution in [0.2, 0.25) is 0 Å². The molecular weight excluding hydrogens is 382 g/mol. The van der Waals surface area contributed by atoms with Gasteiger partial charge in [-0.25, -0.2) is 0 Å². The molecule has 1 atom stereocenters. The first-order chi connectivity index (χ1) is 13.2. The summed E-state index contributed by atoms with van der Waals surface area (Å²) >= 11 is 2.90. The van der Waals surface area contributed by atoms with Gasteiger partial charge in [-0.15, -0.1) is 10.2 Å². The zero-order valence-corrected chi connectivity index (χ0v) is 17.2. The first-order valence-corrected chi connectivity index (χ1v) is 10.8. The van der Waals surface area contributed by atoms with Crippen LogP contribution in [0.25, 0.3) is 0 Å². The molecule has 0 bridgehead atoms. The van der Waals surface area contributed by atoms with Crippen molar-refractivity contribution in [3.63, 3.8) is 0 Å². The SMILES string of the molecule is CCCNc1nnc(S[C@@H](C)C(=O)Nc2ccc(N3CCOCC3)cc2)s1. The Balaban J connectivity index is 1.50. The van der Waals surface area contributed by atoms with Crippen molar-refractivity contribution in [2.75, 3.05) is 48.4 Å². The lowest BCUT2D eigenvalue weighted by molar-refractivity contribution is -0.115. The van der Waals surface area contributed by atoms with Crippen LogP contribution in [0.5, 0.6) is 0 Å². The monoisotopic (exact) mass is 407 g/mol. The molecular formula is C18H25N5O2S2. The summed E-state index contributed by atoms with van der Waals surface area (Å²) in [7, 11) is 0. The van der Waals surface area contributed by atoms with Crippen molar-refractivity contribution in [2.45, 2.75) is 29.9 Å². The minimum atomic E-state index is -0.254. The normalized spacial score (nSPS) is 15.4. The third-order valence-corrected chi connectivity index (χ3v) is 6.16. The highest BCUT2D eigenvalue weighted by atomic mass is 32.2. The van der Waals surface area contributed by atoms with E-state index in [1.165, 1.54) is 23.1 Å². The molecule has 1 aromatic heterocycles. The second-order valence-electron chi connectivity index (χ2n) is 6.20. The number of anilines is 3. The van der Waals surface area contributed by atoms with E-state index >= 15 is 0 Å². The van der Waals surface area contributed by atoms with Gasteiger partial charge >= 0.3 is 0 Å². The van der Waals surface area contributed by atoms with Crippen LogP contribution < -0.4 is 15.5 Å². The Labute approximate surface area is 167 Å². The fourth-order valence-corrected chi connectivity index (χ4v) is 4.51. The summed E-state index contributed by atoms with van der Waals surface area (Å²) in [5, 5.41) is 15.0. The standard InChI is InChI=1S/C18H25N5O2S2/c1-3-8-19-17-21-22-18(27-17)26-13(2)16(24)20-14-4-6-15(7-5-14)23-9-11-25-12-10-23/h4-7,13H,3,8-12H2,1-2H3,(H,19,21)(H,20,24)/t13-/m0/s1. The average molecular weight is 408 g/mol. The van der Waals surface area contributed by atoms with Crippen LogP contribution in [0.4, 0.5) is 16.5 Å². The minimum Gasteiger partial charge on any atom is -0.378 e. The Kier molecular flexibility index (Phi) is 7.31. The second kappa shape index (κ2) is 9.91. The number of carbonyl (C=O) groups is 1. The van der Waals surface area contributed by atoms with Gasteiger partial charge in [-0.3, -0.25) is 4.79 Å².